The average molecular weight is 304 g/mol. The first kappa shape index (κ1) is 15.4. The van der Waals surface area contributed by atoms with Crippen LogP contribution in [0, 0.1) is 13.8 Å². The second-order valence-electron chi connectivity index (χ2n) is 4.90. The van der Waals surface area contributed by atoms with E-state index in [1.165, 1.54) is 7.11 Å². The number of anilines is 1. The highest BCUT2D eigenvalue weighted by molar-refractivity contribution is 6.30. The highest BCUT2D eigenvalue weighted by Crippen LogP contribution is 2.26. The van der Waals surface area contributed by atoms with Gasteiger partial charge in [-0.25, -0.2) is 4.79 Å². The van der Waals surface area contributed by atoms with Gasteiger partial charge in [-0.15, -0.1) is 0 Å². The third-order valence-electron chi connectivity index (χ3n) is 3.55. The van der Waals surface area contributed by atoms with Gasteiger partial charge in [-0.3, -0.25) is 0 Å². The lowest BCUT2D eigenvalue weighted by molar-refractivity contribution is -0.141. The summed E-state index contributed by atoms with van der Waals surface area (Å²) in [5.41, 5.74) is 3.95. The molecule has 4 heteroatoms. The summed E-state index contributed by atoms with van der Waals surface area (Å²) in [6.07, 6.45) is 0. The fourth-order valence-corrected chi connectivity index (χ4v) is 2.31. The number of rotatable bonds is 4. The lowest BCUT2D eigenvalue weighted by atomic mass is 9.97. The Kier molecular flexibility index (Phi) is 4.86. The van der Waals surface area contributed by atoms with Crippen LogP contribution in [0.5, 0.6) is 0 Å². The summed E-state index contributed by atoms with van der Waals surface area (Å²) in [5, 5.41) is 3.86. The standard InChI is InChI=1S/C17H18ClNO2/c1-11-5-4-6-15(12(11)2)16(17(20)21-3)19-14-9-7-13(18)8-10-14/h4-10,16,19H,1-3H3. The lowest BCUT2D eigenvalue weighted by Gasteiger charge is -2.20. The second kappa shape index (κ2) is 6.64. The molecule has 0 saturated carbocycles. The minimum atomic E-state index is -0.545. The Labute approximate surface area is 129 Å². The summed E-state index contributed by atoms with van der Waals surface area (Å²) in [4.78, 5) is 12.1. The van der Waals surface area contributed by atoms with E-state index in [9.17, 15) is 4.79 Å². The molecule has 1 unspecified atom stereocenters. The molecule has 0 heterocycles. The molecule has 2 aromatic rings. The van der Waals surface area contributed by atoms with Crippen molar-refractivity contribution >= 4 is 23.3 Å². The van der Waals surface area contributed by atoms with Crippen LogP contribution in [0.2, 0.25) is 5.02 Å². The van der Waals surface area contributed by atoms with E-state index in [2.05, 4.69) is 5.32 Å². The summed E-state index contributed by atoms with van der Waals surface area (Å²) >= 11 is 5.88. The molecule has 0 saturated heterocycles. The quantitative estimate of drug-likeness (QED) is 0.857. The molecular formula is C17H18ClNO2. The molecule has 110 valence electrons. The number of aryl methyl sites for hydroxylation is 1. The number of ether oxygens (including phenoxy) is 1. The van der Waals surface area contributed by atoms with Gasteiger partial charge in [-0.1, -0.05) is 29.8 Å². The number of benzene rings is 2. The van der Waals surface area contributed by atoms with Gasteiger partial charge >= 0.3 is 5.97 Å². The maximum absolute atomic E-state index is 12.1. The maximum atomic E-state index is 12.1. The predicted molar refractivity (Wildman–Crippen MR) is 85.7 cm³/mol. The van der Waals surface area contributed by atoms with Crippen LogP contribution >= 0.6 is 11.6 Å². The van der Waals surface area contributed by atoms with Gasteiger partial charge in [0.05, 0.1) is 7.11 Å². The minimum absolute atomic E-state index is 0.321. The van der Waals surface area contributed by atoms with Crippen molar-refractivity contribution in [3.63, 3.8) is 0 Å². The molecule has 0 bridgehead atoms. The van der Waals surface area contributed by atoms with Crippen molar-refractivity contribution in [2.45, 2.75) is 19.9 Å². The summed E-state index contributed by atoms with van der Waals surface area (Å²) < 4.78 is 4.93. The zero-order chi connectivity index (χ0) is 15.4. The van der Waals surface area contributed by atoms with Crippen LogP contribution in [-0.4, -0.2) is 13.1 Å². The van der Waals surface area contributed by atoms with Gasteiger partial charge in [0.25, 0.3) is 0 Å². The monoisotopic (exact) mass is 303 g/mol. The van der Waals surface area contributed by atoms with Crippen LogP contribution < -0.4 is 5.32 Å². The molecule has 0 aliphatic rings. The normalized spacial score (nSPS) is 11.8. The summed E-state index contributed by atoms with van der Waals surface area (Å²) in [7, 11) is 1.39. The van der Waals surface area contributed by atoms with Crippen LogP contribution in [0.15, 0.2) is 42.5 Å². The Morgan fingerprint density at radius 1 is 1.14 bits per heavy atom. The Morgan fingerprint density at radius 2 is 1.81 bits per heavy atom. The highest BCUT2D eigenvalue weighted by atomic mass is 35.5. The number of hydrogen-bond acceptors (Lipinski definition) is 3. The van der Waals surface area contributed by atoms with E-state index in [1.54, 1.807) is 12.1 Å². The van der Waals surface area contributed by atoms with Gasteiger partial charge in [0.1, 0.15) is 0 Å². The maximum Gasteiger partial charge on any atom is 0.332 e. The molecular weight excluding hydrogens is 286 g/mol. The van der Waals surface area contributed by atoms with Gasteiger partial charge in [-0.05, 0) is 54.8 Å². The predicted octanol–water partition coefficient (Wildman–Crippen LogP) is 4.28. The molecule has 0 aromatic heterocycles. The van der Waals surface area contributed by atoms with E-state index in [1.807, 2.05) is 44.2 Å². The third kappa shape index (κ3) is 3.56. The number of methoxy groups -OCH3 is 1. The van der Waals surface area contributed by atoms with E-state index in [4.69, 9.17) is 16.3 Å². The summed E-state index contributed by atoms with van der Waals surface area (Å²) in [6.45, 7) is 4.03. The highest BCUT2D eigenvalue weighted by Gasteiger charge is 2.23. The molecule has 2 rings (SSSR count). The SMILES string of the molecule is COC(=O)C(Nc1ccc(Cl)cc1)c1cccc(C)c1C. The topological polar surface area (TPSA) is 38.3 Å². The fraction of sp³-hybridized carbons (Fsp3) is 0.235. The van der Waals surface area contributed by atoms with Crippen LogP contribution in [0.4, 0.5) is 5.69 Å². The zero-order valence-electron chi connectivity index (χ0n) is 12.3. The van der Waals surface area contributed by atoms with Gasteiger partial charge in [0.2, 0.25) is 0 Å². The van der Waals surface area contributed by atoms with Gasteiger partial charge < -0.3 is 10.1 Å². The van der Waals surface area contributed by atoms with Gasteiger partial charge in [0.15, 0.2) is 6.04 Å². The zero-order valence-corrected chi connectivity index (χ0v) is 13.1. The molecule has 0 aliphatic heterocycles. The van der Waals surface area contributed by atoms with Crippen molar-refractivity contribution in [3.05, 3.63) is 64.2 Å². The van der Waals surface area contributed by atoms with Crippen LogP contribution in [0.3, 0.4) is 0 Å². The second-order valence-corrected chi connectivity index (χ2v) is 5.33. The third-order valence-corrected chi connectivity index (χ3v) is 3.80. The van der Waals surface area contributed by atoms with E-state index in [-0.39, 0.29) is 5.97 Å². The average Bonchev–Trinajstić information content (AvgIpc) is 2.49. The Balaban J connectivity index is 2.37. The molecule has 1 atom stereocenters. The van der Waals surface area contributed by atoms with Crippen molar-refractivity contribution in [2.24, 2.45) is 0 Å². The smallest absolute Gasteiger partial charge is 0.332 e. The Morgan fingerprint density at radius 3 is 2.43 bits per heavy atom. The first-order valence-corrected chi connectivity index (χ1v) is 7.06. The number of nitrogens with one attached hydrogen (secondary N) is 1. The van der Waals surface area contributed by atoms with Crippen molar-refractivity contribution < 1.29 is 9.53 Å². The van der Waals surface area contributed by atoms with Crippen molar-refractivity contribution in [3.8, 4) is 0 Å². The number of carbonyl (C=O) groups is 1. The molecule has 0 fully saturated rings. The Hall–Kier alpha value is -2.00. The van der Waals surface area contributed by atoms with E-state index in [0.29, 0.717) is 5.02 Å². The fourth-order valence-electron chi connectivity index (χ4n) is 2.18. The molecule has 0 radical (unpaired) electrons. The summed E-state index contributed by atoms with van der Waals surface area (Å²) in [6, 6.07) is 12.6. The molecule has 2 aromatic carbocycles. The molecule has 1 N–H and O–H groups in total. The molecule has 0 aliphatic carbocycles. The van der Waals surface area contributed by atoms with Crippen molar-refractivity contribution in [2.75, 3.05) is 12.4 Å². The number of halogens is 1. The van der Waals surface area contributed by atoms with Crippen LogP contribution in [0.1, 0.15) is 22.7 Å². The first-order valence-electron chi connectivity index (χ1n) is 6.69. The molecule has 3 nitrogen and oxygen atoms in total. The number of esters is 1. The van der Waals surface area contributed by atoms with Crippen molar-refractivity contribution in [1.29, 1.82) is 0 Å². The minimum Gasteiger partial charge on any atom is -0.467 e. The molecule has 0 spiro atoms. The first-order chi connectivity index (χ1) is 10.0. The van der Waals surface area contributed by atoms with Gasteiger partial charge in [0, 0.05) is 10.7 Å². The van der Waals surface area contributed by atoms with Crippen molar-refractivity contribution in [1.82, 2.24) is 0 Å². The van der Waals surface area contributed by atoms with E-state index in [0.717, 1.165) is 22.4 Å². The molecule has 0 amide bonds. The summed E-state index contributed by atoms with van der Waals surface area (Å²) in [5.74, 6) is -0.321. The Bertz CT molecular complexity index is 638. The van der Waals surface area contributed by atoms with Crippen LogP contribution in [0.25, 0.3) is 0 Å². The molecule has 21 heavy (non-hydrogen) atoms. The number of carbonyl (C=O) groups excluding carboxylic acids is 1. The van der Waals surface area contributed by atoms with E-state index >= 15 is 0 Å². The largest absolute Gasteiger partial charge is 0.467 e. The number of hydrogen-bond donors (Lipinski definition) is 1. The van der Waals surface area contributed by atoms with Crippen LogP contribution in [-0.2, 0) is 9.53 Å². The van der Waals surface area contributed by atoms with E-state index < -0.39 is 6.04 Å². The van der Waals surface area contributed by atoms with Gasteiger partial charge in [-0.2, -0.15) is 0 Å². The lowest BCUT2D eigenvalue weighted by Crippen LogP contribution is -2.23.